The number of furan rings is 1. The van der Waals surface area contributed by atoms with Crippen LogP contribution in [0.3, 0.4) is 0 Å². The van der Waals surface area contributed by atoms with Crippen LogP contribution in [0.4, 0.5) is 0 Å². The molecular weight excluding hydrogens is 424 g/mol. The fraction of sp³-hybridized carbons (Fsp3) is 0.400. The van der Waals surface area contributed by atoms with E-state index in [-0.39, 0.29) is 0 Å². The van der Waals surface area contributed by atoms with Crippen LogP contribution in [-0.4, -0.2) is 73.3 Å². The van der Waals surface area contributed by atoms with Gasteiger partial charge in [-0.15, -0.1) is 0 Å². The summed E-state index contributed by atoms with van der Waals surface area (Å²) in [6.07, 6.45) is 3.80. The summed E-state index contributed by atoms with van der Waals surface area (Å²) in [6.45, 7) is 8.21. The van der Waals surface area contributed by atoms with Crippen LogP contribution >= 0.6 is 0 Å². The molecule has 0 saturated carbocycles. The number of hydrogen-bond acceptors (Lipinski definition) is 7. The maximum absolute atomic E-state index is 13.4. The van der Waals surface area contributed by atoms with Gasteiger partial charge in [0.05, 0.1) is 19.5 Å². The molecule has 2 fully saturated rings. The minimum Gasteiger partial charge on any atom is -0.490 e. The molecule has 1 aromatic carbocycles. The summed E-state index contributed by atoms with van der Waals surface area (Å²) in [5.74, 6) is -1.85. The van der Waals surface area contributed by atoms with Crippen molar-refractivity contribution in [3.8, 4) is 5.75 Å². The quantitative estimate of drug-likeness (QED) is 0.237. The number of amides is 1. The highest BCUT2D eigenvalue weighted by atomic mass is 16.5. The number of ketones is 2. The first-order valence-electron chi connectivity index (χ1n) is 11.2. The topological polar surface area (TPSA) is 89.3 Å². The van der Waals surface area contributed by atoms with Crippen molar-refractivity contribution in [1.29, 1.82) is 0 Å². The third-order valence-corrected chi connectivity index (χ3v) is 6.01. The SMILES string of the molecule is C=CCOc1ccc(C(=O)C2C(=O)C(=O)N(CCCN3CCOCC3)C2c2ccco2)cc1. The van der Waals surface area contributed by atoms with Crippen molar-refractivity contribution >= 4 is 17.5 Å². The smallest absolute Gasteiger partial charge is 0.291 e. The normalized spacial score (nSPS) is 21.4. The average Bonchev–Trinajstić information content (AvgIpc) is 3.46. The van der Waals surface area contributed by atoms with Crippen molar-refractivity contribution in [2.75, 3.05) is 46.0 Å². The predicted molar refractivity (Wildman–Crippen MR) is 120 cm³/mol. The highest BCUT2D eigenvalue weighted by Gasteiger charge is 2.52. The molecule has 2 unspecified atom stereocenters. The van der Waals surface area contributed by atoms with E-state index in [0.29, 0.717) is 49.9 Å². The molecule has 3 heterocycles. The van der Waals surface area contributed by atoms with Crippen LogP contribution in [-0.2, 0) is 14.3 Å². The van der Waals surface area contributed by atoms with Crippen molar-refractivity contribution in [1.82, 2.24) is 9.80 Å². The highest BCUT2D eigenvalue weighted by molar-refractivity contribution is 6.44. The molecular formula is C25H28N2O6. The second kappa shape index (κ2) is 10.6. The Hall–Kier alpha value is -3.23. The molecule has 8 nitrogen and oxygen atoms in total. The lowest BCUT2D eigenvalue weighted by atomic mass is 9.88. The van der Waals surface area contributed by atoms with Crippen LogP contribution in [0, 0.1) is 5.92 Å². The van der Waals surface area contributed by atoms with Gasteiger partial charge in [0.25, 0.3) is 5.91 Å². The Kier molecular flexibility index (Phi) is 7.36. The van der Waals surface area contributed by atoms with Crippen LogP contribution < -0.4 is 4.74 Å². The highest BCUT2D eigenvalue weighted by Crippen LogP contribution is 2.38. The molecule has 2 aliphatic heterocycles. The molecule has 1 amide bonds. The summed E-state index contributed by atoms with van der Waals surface area (Å²) in [4.78, 5) is 43.1. The maximum atomic E-state index is 13.4. The van der Waals surface area contributed by atoms with Gasteiger partial charge in [-0.1, -0.05) is 12.7 Å². The predicted octanol–water partition coefficient (Wildman–Crippen LogP) is 2.52. The number of carbonyl (C=O) groups excluding carboxylic acids is 3. The number of nitrogens with zero attached hydrogens (tertiary/aromatic N) is 2. The van der Waals surface area contributed by atoms with E-state index in [4.69, 9.17) is 13.9 Å². The van der Waals surface area contributed by atoms with Gasteiger partial charge in [0.1, 0.15) is 30.1 Å². The second-order valence-corrected chi connectivity index (χ2v) is 8.10. The first kappa shape index (κ1) is 22.9. The van der Waals surface area contributed by atoms with Crippen LogP contribution in [0.5, 0.6) is 5.75 Å². The lowest BCUT2D eigenvalue weighted by Crippen LogP contribution is -2.39. The number of ether oxygens (including phenoxy) is 2. The van der Waals surface area contributed by atoms with Crippen molar-refractivity contribution in [2.24, 2.45) is 5.92 Å². The summed E-state index contributed by atoms with van der Waals surface area (Å²) in [7, 11) is 0. The third-order valence-electron chi connectivity index (χ3n) is 6.01. The zero-order valence-corrected chi connectivity index (χ0v) is 18.5. The van der Waals surface area contributed by atoms with E-state index in [9.17, 15) is 14.4 Å². The van der Waals surface area contributed by atoms with Crippen molar-refractivity contribution in [3.05, 3.63) is 66.6 Å². The first-order valence-corrected chi connectivity index (χ1v) is 11.2. The molecule has 8 heteroatoms. The van der Waals surface area contributed by atoms with Crippen molar-refractivity contribution in [3.63, 3.8) is 0 Å². The van der Waals surface area contributed by atoms with E-state index in [1.165, 1.54) is 11.2 Å². The van der Waals surface area contributed by atoms with E-state index >= 15 is 0 Å². The molecule has 0 spiro atoms. The van der Waals surface area contributed by atoms with Gasteiger partial charge in [0.15, 0.2) is 5.78 Å². The Bertz CT molecular complexity index is 979. The number of morpholine rings is 1. The number of likely N-dealkylation sites (tertiary alicyclic amines) is 1. The Morgan fingerprint density at radius 2 is 1.88 bits per heavy atom. The number of rotatable bonds is 10. The third kappa shape index (κ3) is 5.07. The van der Waals surface area contributed by atoms with E-state index in [0.717, 1.165) is 19.6 Å². The largest absolute Gasteiger partial charge is 0.490 e. The standard InChI is InChI=1S/C25H28N2O6/c1-2-14-32-19-8-6-18(7-9-19)23(28)21-22(20-5-3-15-33-20)27(25(30)24(21)29)11-4-10-26-12-16-31-17-13-26/h2-3,5-9,15,21-22H,1,4,10-14,16-17H2. The van der Waals surface area contributed by atoms with E-state index in [2.05, 4.69) is 11.5 Å². The molecule has 4 rings (SSSR count). The number of Topliss-reactive ketones (excluding diaryl/α,β-unsaturated/α-hetero) is 2. The molecule has 0 radical (unpaired) electrons. The fourth-order valence-corrected chi connectivity index (χ4v) is 4.34. The van der Waals surface area contributed by atoms with E-state index in [1.807, 2.05) is 0 Å². The van der Waals surface area contributed by atoms with Gasteiger partial charge in [-0.3, -0.25) is 19.3 Å². The molecule has 0 aliphatic carbocycles. The zero-order chi connectivity index (χ0) is 23.2. The summed E-state index contributed by atoms with van der Waals surface area (Å²) >= 11 is 0. The van der Waals surface area contributed by atoms with Gasteiger partial charge < -0.3 is 18.8 Å². The van der Waals surface area contributed by atoms with Gasteiger partial charge in [-0.05, 0) is 42.8 Å². The summed E-state index contributed by atoms with van der Waals surface area (Å²) in [5.41, 5.74) is 0.346. The molecule has 2 saturated heterocycles. The van der Waals surface area contributed by atoms with E-state index in [1.54, 1.807) is 42.5 Å². The lowest BCUT2D eigenvalue weighted by molar-refractivity contribution is -0.140. The fourth-order valence-electron chi connectivity index (χ4n) is 4.34. The average molecular weight is 453 g/mol. The van der Waals surface area contributed by atoms with Crippen LogP contribution in [0.2, 0.25) is 0 Å². The Morgan fingerprint density at radius 3 is 2.55 bits per heavy atom. The number of benzene rings is 1. The van der Waals surface area contributed by atoms with Crippen molar-refractivity contribution in [2.45, 2.75) is 12.5 Å². The molecule has 174 valence electrons. The second-order valence-electron chi connectivity index (χ2n) is 8.10. The molecule has 2 atom stereocenters. The minimum atomic E-state index is -1.15. The van der Waals surface area contributed by atoms with Crippen LogP contribution in [0.15, 0.2) is 59.7 Å². The molecule has 2 aromatic rings. The number of carbonyl (C=O) groups is 3. The molecule has 33 heavy (non-hydrogen) atoms. The minimum absolute atomic E-state index is 0.346. The molecule has 0 N–H and O–H groups in total. The summed E-state index contributed by atoms with van der Waals surface area (Å²) < 4.78 is 16.4. The molecule has 0 bridgehead atoms. The van der Waals surface area contributed by atoms with Gasteiger partial charge in [-0.2, -0.15) is 0 Å². The van der Waals surface area contributed by atoms with Gasteiger partial charge >= 0.3 is 0 Å². The van der Waals surface area contributed by atoms with Crippen LogP contribution in [0.1, 0.15) is 28.6 Å². The van der Waals surface area contributed by atoms with E-state index < -0.39 is 29.4 Å². The maximum Gasteiger partial charge on any atom is 0.291 e. The van der Waals surface area contributed by atoms with Gasteiger partial charge in [0, 0.05) is 31.7 Å². The Labute approximate surface area is 192 Å². The first-order chi connectivity index (χ1) is 16.1. The molecule has 2 aliphatic rings. The summed E-state index contributed by atoms with van der Waals surface area (Å²) in [5, 5.41) is 0. The van der Waals surface area contributed by atoms with Crippen LogP contribution in [0.25, 0.3) is 0 Å². The lowest BCUT2D eigenvalue weighted by Gasteiger charge is -2.29. The zero-order valence-electron chi connectivity index (χ0n) is 18.5. The monoisotopic (exact) mass is 452 g/mol. The Balaban J connectivity index is 1.52. The molecule has 1 aromatic heterocycles. The Morgan fingerprint density at radius 1 is 1.12 bits per heavy atom. The number of hydrogen-bond donors (Lipinski definition) is 0. The van der Waals surface area contributed by atoms with Crippen molar-refractivity contribution < 1.29 is 28.3 Å². The van der Waals surface area contributed by atoms with Gasteiger partial charge in [0.2, 0.25) is 5.78 Å². The summed E-state index contributed by atoms with van der Waals surface area (Å²) in [6, 6.07) is 9.20. The van der Waals surface area contributed by atoms with Gasteiger partial charge in [-0.25, -0.2) is 0 Å².